The molecule has 0 radical (unpaired) electrons. The van der Waals surface area contributed by atoms with Crippen LogP contribution in [0.25, 0.3) is 0 Å². The van der Waals surface area contributed by atoms with E-state index in [9.17, 15) is 9.18 Å². The quantitative estimate of drug-likeness (QED) is 0.605. The number of anilines is 1. The number of benzene rings is 1. The van der Waals surface area contributed by atoms with Gasteiger partial charge in [-0.15, -0.1) is 0 Å². The van der Waals surface area contributed by atoms with Gasteiger partial charge in [-0.25, -0.2) is 9.18 Å². The fourth-order valence-corrected chi connectivity index (χ4v) is 2.25. The number of nitriles is 1. The Labute approximate surface area is 139 Å². The average Bonchev–Trinajstić information content (AvgIpc) is 2.92. The van der Waals surface area contributed by atoms with E-state index < -0.39 is 0 Å². The van der Waals surface area contributed by atoms with Gasteiger partial charge in [0.25, 0.3) is 0 Å². The molecule has 24 heavy (non-hydrogen) atoms. The molecule has 0 aliphatic carbocycles. The van der Waals surface area contributed by atoms with Crippen LogP contribution in [0.4, 0.5) is 15.0 Å². The largest absolute Gasteiger partial charge is 0.381 e. The number of nitrogens with two attached hydrogens (primary N) is 1. The first-order chi connectivity index (χ1) is 11.5. The lowest BCUT2D eigenvalue weighted by atomic mass is 10.1. The van der Waals surface area contributed by atoms with E-state index in [4.69, 9.17) is 11.0 Å². The van der Waals surface area contributed by atoms with Gasteiger partial charge in [0.05, 0.1) is 11.7 Å². The Morgan fingerprint density at radius 3 is 2.83 bits per heavy atom. The van der Waals surface area contributed by atoms with Crippen LogP contribution in [-0.4, -0.2) is 22.8 Å². The smallest absolute Gasteiger partial charge is 0.315 e. The second-order valence-corrected chi connectivity index (χ2v) is 5.35. The predicted octanol–water partition coefficient (Wildman–Crippen LogP) is 2.00. The molecule has 2 aromatic rings. The lowest BCUT2D eigenvalue weighted by Gasteiger charge is -2.15. The van der Waals surface area contributed by atoms with Crippen LogP contribution >= 0.6 is 0 Å². The molecule has 0 aliphatic heterocycles. The molecule has 8 heteroatoms. The molecule has 0 fully saturated rings. The van der Waals surface area contributed by atoms with Crippen molar-refractivity contribution in [2.75, 3.05) is 12.3 Å². The van der Waals surface area contributed by atoms with E-state index in [1.165, 1.54) is 12.1 Å². The van der Waals surface area contributed by atoms with Crippen molar-refractivity contribution in [1.29, 1.82) is 5.26 Å². The number of nitrogens with one attached hydrogen (secondary N) is 3. The van der Waals surface area contributed by atoms with Gasteiger partial charge >= 0.3 is 6.03 Å². The summed E-state index contributed by atoms with van der Waals surface area (Å²) in [5, 5.41) is 21.0. The third kappa shape index (κ3) is 4.46. The van der Waals surface area contributed by atoms with E-state index >= 15 is 0 Å². The molecule has 0 saturated heterocycles. The normalized spacial score (nSPS) is 11.5. The van der Waals surface area contributed by atoms with E-state index in [0.29, 0.717) is 30.6 Å². The number of hydrogen-bond acceptors (Lipinski definition) is 4. The zero-order valence-electron chi connectivity index (χ0n) is 13.3. The van der Waals surface area contributed by atoms with E-state index in [1.807, 2.05) is 13.0 Å². The molecule has 1 aromatic heterocycles. The number of amides is 2. The van der Waals surface area contributed by atoms with Gasteiger partial charge in [0, 0.05) is 6.54 Å². The summed E-state index contributed by atoms with van der Waals surface area (Å²) in [6.45, 7) is 2.26. The van der Waals surface area contributed by atoms with E-state index in [1.54, 1.807) is 12.1 Å². The van der Waals surface area contributed by atoms with Crippen LogP contribution in [0.3, 0.4) is 0 Å². The molecule has 2 rings (SSSR count). The van der Waals surface area contributed by atoms with Crippen molar-refractivity contribution >= 4 is 11.8 Å². The minimum absolute atomic E-state index is 0.186. The number of aromatic amines is 1. The number of nitrogen functional groups attached to an aromatic ring is 1. The highest BCUT2D eigenvalue weighted by Crippen LogP contribution is 2.13. The van der Waals surface area contributed by atoms with Crippen molar-refractivity contribution in [3.63, 3.8) is 0 Å². The van der Waals surface area contributed by atoms with Gasteiger partial charge in [-0.1, -0.05) is 12.1 Å². The molecule has 0 bridgehead atoms. The van der Waals surface area contributed by atoms with Crippen LogP contribution < -0.4 is 16.4 Å². The number of aryl methyl sites for hydroxylation is 1. The first kappa shape index (κ1) is 17.3. The van der Waals surface area contributed by atoms with Gasteiger partial charge < -0.3 is 16.4 Å². The van der Waals surface area contributed by atoms with Crippen LogP contribution in [-0.2, 0) is 6.42 Å². The van der Waals surface area contributed by atoms with Crippen LogP contribution in [0.2, 0.25) is 0 Å². The summed E-state index contributed by atoms with van der Waals surface area (Å²) in [4.78, 5) is 11.8. The van der Waals surface area contributed by atoms with Crippen LogP contribution in [0, 0.1) is 17.1 Å². The van der Waals surface area contributed by atoms with Gasteiger partial charge in [-0.3, -0.25) is 5.10 Å². The fraction of sp³-hybridized carbons (Fsp3) is 0.312. The number of carbonyl (C=O) groups excluding carboxylic acids is 1. The standard InChI is InChI=1S/C16H19FN6O/c1-10(11-4-6-12(17)7-5-11)21-16(24)20-8-2-3-14-13(9-18)15(19)23-22-14/h4-7,10H,2-3,8H2,1H3,(H3,19,22,23)(H2,20,21,24). The third-order valence-electron chi connectivity index (χ3n) is 3.59. The second-order valence-electron chi connectivity index (χ2n) is 5.35. The summed E-state index contributed by atoms with van der Waals surface area (Å²) >= 11 is 0. The second kappa shape index (κ2) is 7.97. The lowest BCUT2D eigenvalue weighted by molar-refractivity contribution is 0.238. The average molecular weight is 330 g/mol. The Kier molecular flexibility index (Phi) is 5.73. The van der Waals surface area contributed by atoms with Crippen molar-refractivity contribution in [1.82, 2.24) is 20.8 Å². The SMILES string of the molecule is CC(NC(=O)NCCCc1[nH]nc(N)c1C#N)c1ccc(F)cc1. The van der Waals surface area contributed by atoms with Crippen molar-refractivity contribution in [2.24, 2.45) is 0 Å². The summed E-state index contributed by atoms with van der Waals surface area (Å²) in [7, 11) is 0. The summed E-state index contributed by atoms with van der Waals surface area (Å²) in [6, 6.07) is 7.43. The first-order valence-electron chi connectivity index (χ1n) is 7.54. The Bertz CT molecular complexity index is 734. The Morgan fingerprint density at radius 2 is 2.17 bits per heavy atom. The van der Waals surface area contributed by atoms with Crippen LogP contribution in [0.15, 0.2) is 24.3 Å². The van der Waals surface area contributed by atoms with Crippen molar-refractivity contribution in [3.8, 4) is 6.07 Å². The lowest BCUT2D eigenvalue weighted by Crippen LogP contribution is -2.37. The molecule has 126 valence electrons. The minimum atomic E-state index is -0.313. The molecule has 1 heterocycles. The zero-order valence-corrected chi connectivity index (χ0v) is 13.3. The summed E-state index contributed by atoms with van der Waals surface area (Å²) in [6.07, 6.45) is 1.19. The zero-order chi connectivity index (χ0) is 17.5. The molecule has 7 nitrogen and oxygen atoms in total. The Hall–Kier alpha value is -3.08. The first-order valence-corrected chi connectivity index (χ1v) is 7.54. The van der Waals surface area contributed by atoms with E-state index in [-0.39, 0.29) is 23.7 Å². The van der Waals surface area contributed by atoms with Crippen molar-refractivity contribution < 1.29 is 9.18 Å². The predicted molar refractivity (Wildman–Crippen MR) is 87.4 cm³/mol. The molecule has 0 saturated carbocycles. The Morgan fingerprint density at radius 1 is 1.46 bits per heavy atom. The number of urea groups is 1. The van der Waals surface area contributed by atoms with Crippen molar-refractivity contribution in [2.45, 2.75) is 25.8 Å². The Balaban J connectivity index is 1.73. The monoisotopic (exact) mass is 330 g/mol. The number of aromatic nitrogens is 2. The topological polar surface area (TPSA) is 120 Å². The van der Waals surface area contributed by atoms with Gasteiger partial charge in [0.1, 0.15) is 17.4 Å². The molecule has 1 unspecified atom stereocenters. The summed E-state index contributed by atoms with van der Waals surface area (Å²) in [5.74, 6) is -0.127. The summed E-state index contributed by atoms with van der Waals surface area (Å²) < 4.78 is 12.9. The highest BCUT2D eigenvalue weighted by atomic mass is 19.1. The molecular formula is C16H19FN6O. The number of H-pyrrole nitrogens is 1. The molecular weight excluding hydrogens is 311 g/mol. The molecule has 0 spiro atoms. The number of hydrogen-bond donors (Lipinski definition) is 4. The van der Waals surface area contributed by atoms with E-state index in [2.05, 4.69) is 20.8 Å². The van der Waals surface area contributed by atoms with Gasteiger partial charge in [0.15, 0.2) is 5.82 Å². The van der Waals surface area contributed by atoms with Crippen LogP contribution in [0.5, 0.6) is 0 Å². The van der Waals surface area contributed by atoms with Crippen molar-refractivity contribution in [3.05, 3.63) is 46.9 Å². The maximum atomic E-state index is 12.9. The van der Waals surface area contributed by atoms with Crippen LogP contribution in [0.1, 0.15) is 36.2 Å². The minimum Gasteiger partial charge on any atom is -0.381 e. The van der Waals surface area contributed by atoms with Gasteiger partial charge in [0.2, 0.25) is 0 Å². The highest BCUT2D eigenvalue weighted by Gasteiger charge is 2.11. The van der Waals surface area contributed by atoms with E-state index in [0.717, 1.165) is 5.56 Å². The number of rotatable bonds is 6. The molecule has 5 N–H and O–H groups in total. The third-order valence-corrected chi connectivity index (χ3v) is 3.59. The molecule has 0 aliphatic rings. The maximum Gasteiger partial charge on any atom is 0.315 e. The summed E-state index contributed by atoms with van der Waals surface area (Å²) in [5.41, 5.74) is 7.39. The molecule has 2 amide bonds. The molecule has 1 atom stereocenters. The number of halogens is 1. The fourth-order valence-electron chi connectivity index (χ4n) is 2.25. The number of nitrogens with zero attached hydrogens (tertiary/aromatic N) is 2. The highest BCUT2D eigenvalue weighted by molar-refractivity contribution is 5.74. The van der Waals surface area contributed by atoms with Gasteiger partial charge in [-0.2, -0.15) is 10.4 Å². The molecule has 1 aromatic carbocycles. The number of carbonyl (C=O) groups is 1. The van der Waals surface area contributed by atoms with Gasteiger partial charge in [-0.05, 0) is 37.5 Å². The maximum absolute atomic E-state index is 12.9.